The molecule has 7 heteroatoms. The van der Waals surface area contributed by atoms with Gasteiger partial charge in [-0.2, -0.15) is 0 Å². The fraction of sp³-hybridized carbons (Fsp3) is 0.500. The number of benzene rings is 1. The first kappa shape index (κ1) is 15.4. The zero-order chi connectivity index (χ0) is 15.1. The minimum atomic E-state index is -0.479. The van der Waals surface area contributed by atoms with Gasteiger partial charge in [0.05, 0.1) is 24.7 Å². The second-order valence-electron chi connectivity index (χ2n) is 5.03. The predicted octanol–water partition coefficient (Wildman–Crippen LogP) is -0.370. The van der Waals surface area contributed by atoms with E-state index in [9.17, 15) is 14.9 Å². The molecule has 0 radical (unpaired) electrons. The van der Waals surface area contributed by atoms with Crippen molar-refractivity contribution in [3.63, 3.8) is 0 Å². The third kappa shape index (κ3) is 4.80. The lowest BCUT2D eigenvalue weighted by Crippen LogP contribution is -3.14. The van der Waals surface area contributed by atoms with E-state index in [1.165, 1.54) is 29.2 Å². The van der Waals surface area contributed by atoms with E-state index in [2.05, 4.69) is 5.32 Å². The maximum atomic E-state index is 11.9. The Morgan fingerprint density at radius 2 is 1.95 bits per heavy atom. The monoisotopic (exact) mass is 294 g/mol. The molecule has 1 fully saturated rings. The second-order valence-corrected chi connectivity index (χ2v) is 5.03. The van der Waals surface area contributed by atoms with Crippen LogP contribution in [-0.2, 0) is 4.74 Å². The summed E-state index contributed by atoms with van der Waals surface area (Å²) in [6.07, 6.45) is 0.911. The molecule has 1 aliphatic heterocycles. The van der Waals surface area contributed by atoms with Crippen LogP contribution in [-0.4, -0.2) is 50.2 Å². The maximum absolute atomic E-state index is 11.9. The first-order chi connectivity index (χ1) is 10.2. The third-order valence-electron chi connectivity index (χ3n) is 3.53. The highest BCUT2D eigenvalue weighted by Gasteiger charge is 2.13. The number of ether oxygens (including phenoxy) is 1. The molecule has 1 aromatic carbocycles. The van der Waals surface area contributed by atoms with Gasteiger partial charge in [-0.05, 0) is 12.1 Å². The summed E-state index contributed by atoms with van der Waals surface area (Å²) in [5.74, 6) is -0.193. The van der Waals surface area contributed by atoms with Crippen LogP contribution in [0.15, 0.2) is 24.3 Å². The second kappa shape index (κ2) is 7.70. The molecule has 0 saturated carbocycles. The van der Waals surface area contributed by atoms with E-state index < -0.39 is 4.92 Å². The molecule has 7 nitrogen and oxygen atoms in total. The van der Waals surface area contributed by atoms with Gasteiger partial charge in [0.25, 0.3) is 11.6 Å². The Bertz CT molecular complexity index is 483. The molecule has 0 atom stereocenters. The maximum Gasteiger partial charge on any atom is 0.269 e. The highest BCUT2D eigenvalue weighted by Crippen LogP contribution is 2.11. The molecule has 0 spiro atoms. The molecule has 0 aliphatic carbocycles. The van der Waals surface area contributed by atoms with Crippen LogP contribution in [0.4, 0.5) is 5.69 Å². The lowest BCUT2D eigenvalue weighted by molar-refractivity contribution is -0.908. The standard InChI is InChI=1S/C14H19N3O4/c18-14(12-2-4-13(5-3-12)17(19)20)15-6-1-7-16-8-10-21-11-9-16/h2-5H,1,6-11H2,(H,15,18)/p+1. The van der Waals surface area contributed by atoms with Crippen molar-refractivity contribution in [2.45, 2.75) is 6.42 Å². The van der Waals surface area contributed by atoms with Gasteiger partial charge in [-0.15, -0.1) is 0 Å². The zero-order valence-electron chi connectivity index (χ0n) is 11.8. The molecule has 1 heterocycles. The molecule has 0 bridgehead atoms. The molecule has 1 aromatic rings. The zero-order valence-corrected chi connectivity index (χ0v) is 11.8. The summed E-state index contributed by atoms with van der Waals surface area (Å²) in [5, 5.41) is 13.4. The van der Waals surface area contributed by atoms with Gasteiger partial charge in [0.1, 0.15) is 13.1 Å². The lowest BCUT2D eigenvalue weighted by Gasteiger charge is -2.23. The molecule has 1 saturated heterocycles. The molecular formula is C14H20N3O4+. The van der Waals surface area contributed by atoms with Crippen LogP contribution in [0.1, 0.15) is 16.8 Å². The smallest absolute Gasteiger partial charge is 0.269 e. The van der Waals surface area contributed by atoms with E-state index in [1.807, 2.05) is 0 Å². The summed E-state index contributed by atoms with van der Waals surface area (Å²) in [5.41, 5.74) is 0.432. The number of nitrogens with zero attached hydrogens (tertiary/aromatic N) is 1. The van der Waals surface area contributed by atoms with Crippen molar-refractivity contribution in [3.05, 3.63) is 39.9 Å². The van der Waals surface area contributed by atoms with Crippen LogP contribution in [0, 0.1) is 10.1 Å². The average Bonchev–Trinajstić information content (AvgIpc) is 2.52. The number of non-ortho nitro benzene ring substituents is 1. The number of nitro benzene ring substituents is 1. The van der Waals surface area contributed by atoms with Crippen molar-refractivity contribution in [2.24, 2.45) is 0 Å². The Hall–Kier alpha value is -1.99. The summed E-state index contributed by atoms with van der Waals surface area (Å²) >= 11 is 0. The molecule has 114 valence electrons. The van der Waals surface area contributed by atoms with Crippen LogP contribution < -0.4 is 10.2 Å². The van der Waals surface area contributed by atoms with Gasteiger partial charge >= 0.3 is 0 Å². The first-order valence-corrected chi connectivity index (χ1v) is 7.11. The van der Waals surface area contributed by atoms with E-state index in [-0.39, 0.29) is 11.6 Å². The molecule has 2 N–H and O–H groups in total. The van der Waals surface area contributed by atoms with E-state index in [1.54, 1.807) is 0 Å². The Morgan fingerprint density at radius 1 is 1.29 bits per heavy atom. The quantitative estimate of drug-likeness (QED) is 0.426. The van der Waals surface area contributed by atoms with Crippen LogP contribution in [0.2, 0.25) is 0 Å². The number of morpholine rings is 1. The molecule has 0 unspecified atom stereocenters. The molecule has 2 rings (SSSR count). The first-order valence-electron chi connectivity index (χ1n) is 7.11. The third-order valence-corrected chi connectivity index (χ3v) is 3.53. The minimum Gasteiger partial charge on any atom is -0.370 e. The van der Waals surface area contributed by atoms with Crippen LogP contribution in [0.3, 0.4) is 0 Å². The van der Waals surface area contributed by atoms with Gasteiger partial charge in [0.2, 0.25) is 0 Å². The number of nitrogens with one attached hydrogen (secondary N) is 2. The molecule has 0 aromatic heterocycles. The van der Waals surface area contributed by atoms with Gasteiger partial charge in [-0.25, -0.2) is 0 Å². The number of carbonyl (C=O) groups excluding carboxylic acids is 1. The fourth-order valence-electron chi connectivity index (χ4n) is 2.29. The van der Waals surface area contributed by atoms with Crippen molar-refractivity contribution in [1.29, 1.82) is 0 Å². The van der Waals surface area contributed by atoms with Gasteiger partial charge in [0, 0.05) is 30.7 Å². The van der Waals surface area contributed by atoms with Crippen molar-refractivity contribution >= 4 is 11.6 Å². The number of amides is 1. The number of rotatable bonds is 6. The Morgan fingerprint density at radius 3 is 2.57 bits per heavy atom. The Kier molecular flexibility index (Phi) is 5.65. The van der Waals surface area contributed by atoms with Crippen molar-refractivity contribution in [2.75, 3.05) is 39.4 Å². The number of nitro groups is 1. The Labute approximate surface area is 123 Å². The lowest BCUT2D eigenvalue weighted by atomic mass is 10.2. The van der Waals surface area contributed by atoms with Crippen molar-refractivity contribution in [3.8, 4) is 0 Å². The van der Waals surface area contributed by atoms with Crippen molar-refractivity contribution < 1.29 is 19.4 Å². The highest BCUT2D eigenvalue weighted by atomic mass is 16.6. The van der Waals surface area contributed by atoms with Crippen LogP contribution in [0.5, 0.6) is 0 Å². The van der Waals surface area contributed by atoms with Crippen molar-refractivity contribution in [1.82, 2.24) is 5.32 Å². The summed E-state index contributed by atoms with van der Waals surface area (Å²) < 4.78 is 5.29. The highest BCUT2D eigenvalue weighted by molar-refractivity contribution is 5.94. The normalized spacial score (nSPS) is 15.6. The van der Waals surface area contributed by atoms with E-state index in [0.29, 0.717) is 12.1 Å². The molecule has 1 aliphatic rings. The number of hydrogen-bond acceptors (Lipinski definition) is 4. The van der Waals surface area contributed by atoms with Crippen LogP contribution in [0.25, 0.3) is 0 Å². The van der Waals surface area contributed by atoms with Gasteiger partial charge in [-0.3, -0.25) is 14.9 Å². The summed E-state index contributed by atoms with van der Waals surface area (Å²) in [7, 11) is 0. The summed E-state index contributed by atoms with van der Waals surface area (Å²) in [6, 6.07) is 5.63. The van der Waals surface area contributed by atoms with Gasteiger partial charge in [-0.1, -0.05) is 0 Å². The fourth-order valence-corrected chi connectivity index (χ4v) is 2.29. The molecule has 1 amide bonds. The van der Waals surface area contributed by atoms with E-state index in [4.69, 9.17) is 4.74 Å². The number of quaternary nitrogens is 1. The number of hydrogen-bond donors (Lipinski definition) is 2. The average molecular weight is 294 g/mol. The van der Waals surface area contributed by atoms with E-state index in [0.717, 1.165) is 39.3 Å². The Balaban J connectivity index is 1.70. The van der Waals surface area contributed by atoms with Gasteiger partial charge < -0.3 is 15.0 Å². The molecular weight excluding hydrogens is 274 g/mol. The molecule has 21 heavy (non-hydrogen) atoms. The SMILES string of the molecule is O=C(NCCC[NH+]1CCOCC1)c1ccc([N+](=O)[O-])cc1. The minimum absolute atomic E-state index is 0.0116. The summed E-state index contributed by atoms with van der Waals surface area (Å²) in [6.45, 7) is 5.30. The van der Waals surface area contributed by atoms with Crippen LogP contribution >= 0.6 is 0 Å². The summed E-state index contributed by atoms with van der Waals surface area (Å²) in [4.78, 5) is 23.4. The number of carbonyl (C=O) groups is 1. The van der Waals surface area contributed by atoms with Gasteiger partial charge in [0.15, 0.2) is 0 Å². The van der Waals surface area contributed by atoms with E-state index >= 15 is 0 Å². The topological polar surface area (TPSA) is 85.9 Å². The largest absolute Gasteiger partial charge is 0.370 e. The predicted molar refractivity (Wildman–Crippen MR) is 76.4 cm³/mol.